The van der Waals surface area contributed by atoms with Crippen LogP contribution in [0.1, 0.15) is 48.0 Å². The molecule has 128 valence electrons. The van der Waals surface area contributed by atoms with Crippen LogP contribution in [0.2, 0.25) is 0 Å². The zero-order valence-corrected chi connectivity index (χ0v) is 14.5. The lowest BCUT2D eigenvalue weighted by Crippen LogP contribution is -2.48. The molecular weight excluding hydrogens is 290 g/mol. The largest absolute Gasteiger partial charge is 0.468 e. The summed E-state index contributed by atoms with van der Waals surface area (Å²) in [5, 5.41) is 0. The van der Waals surface area contributed by atoms with Crippen LogP contribution in [0.3, 0.4) is 0 Å². The highest BCUT2D eigenvalue weighted by atomic mass is 16.7. The molecule has 0 N–H and O–H groups in total. The molecule has 0 unspecified atom stereocenters. The van der Waals surface area contributed by atoms with Gasteiger partial charge in [0.15, 0.2) is 0 Å². The third-order valence-corrected chi connectivity index (χ3v) is 2.62. The van der Waals surface area contributed by atoms with Crippen molar-refractivity contribution in [1.82, 2.24) is 4.90 Å². The second-order valence-corrected chi connectivity index (χ2v) is 7.11. The van der Waals surface area contributed by atoms with Gasteiger partial charge >= 0.3 is 18.0 Å². The normalized spacial score (nSPS) is 11.6. The number of esters is 2. The van der Waals surface area contributed by atoms with Crippen LogP contribution in [-0.4, -0.2) is 48.9 Å². The molecule has 0 bridgehead atoms. The summed E-state index contributed by atoms with van der Waals surface area (Å²) in [6, 6.07) is 0. The minimum absolute atomic E-state index is 0.205. The van der Waals surface area contributed by atoms with E-state index in [0.29, 0.717) is 0 Å². The molecule has 0 spiro atoms. The van der Waals surface area contributed by atoms with E-state index < -0.39 is 30.4 Å². The van der Waals surface area contributed by atoms with Crippen LogP contribution >= 0.6 is 0 Å². The van der Waals surface area contributed by atoms with Crippen molar-refractivity contribution in [3.63, 3.8) is 0 Å². The summed E-state index contributed by atoms with van der Waals surface area (Å²) >= 11 is 0. The van der Waals surface area contributed by atoms with Gasteiger partial charge in [0.1, 0.15) is 6.54 Å². The van der Waals surface area contributed by atoms with Gasteiger partial charge in [0.2, 0.25) is 6.79 Å². The van der Waals surface area contributed by atoms with E-state index in [0.717, 1.165) is 0 Å². The SMILES string of the molecule is COC(=O)CN(C(=O)OCOC(=O)CC(C)(C)C)C(C)(C)C. The predicted octanol–water partition coefficient (Wildman–Crippen LogP) is 2.33. The lowest BCUT2D eigenvalue weighted by Gasteiger charge is -2.33. The quantitative estimate of drug-likeness (QED) is 0.572. The molecule has 0 atom stereocenters. The smallest absolute Gasteiger partial charge is 0.413 e. The van der Waals surface area contributed by atoms with Gasteiger partial charge in [-0.1, -0.05) is 20.8 Å². The average molecular weight is 317 g/mol. The van der Waals surface area contributed by atoms with Crippen molar-refractivity contribution in [2.45, 2.75) is 53.5 Å². The van der Waals surface area contributed by atoms with Gasteiger partial charge in [-0.2, -0.15) is 0 Å². The Bertz CT molecular complexity index is 405. The first kappa shape index (κ1) is 20.2. The van der Waals surface area contributed by atoms with Crippen molar-refractivity contribution < 1.29 is 28.6 Å². The van der Waals surface area contributed by atoms with E-state index in [1.54, 1.807) is 20.8 Å². The third-order valence-electron chi connectivity index (χ3n) is 2.62. The van der Waals surface area contributed by atoms with Gasteiger partial charge in [0.05, 0.1) is 13.5 Å². The van der Waals surface area contributed by atoms with Crippen LogP contribution in [0.15, 0.2) is 0 Å². The molecule has 0 saturated heterocycles. The zero-order valence-electron chi connectivity index (χ0n) is 14.5. The number of amides is 1. The summed E-state index contributed by atoms with van der Waals surface area (Å²) < 4.78 is 14.3. The topological polar surface area (TPSA) is 82.1 Å². The van der Waals surface area contributed by atoms with Gasteiger partial charge in [-0.3, -0.25) is 14.5 Å². The lowest BCUT2D eigenvalue weighted by molar-refractivity contribution is -0.155. The van der Waals surface area contributed by atoms with E-state index in [4.69, 9.17) is 9.47 Å². The number of carbonyl (C=O) groups is 3. The van der Waals surface area contributed by atoms with Crippen LogP contribution < -0.4 is 0 Å². The van der Waals surface area contributed by atoms with Gasteiger partial charge in [-0.05, 0) is 26.2 Å². The highest BCUT2D eigenvalue weighted by Crippen LogP contribution is 2.19. The standard InChI is InChI=1S/C15H27NO6/c1-14(2,3)8-11(17)21-10-22-13(19)16(15(4,5)6)9-12(18)20-7/h8-10H2,1-7H3. The minimum atomic E-state index is -0.749. The average Bonchev–Trinajstić information content (AvgIpc) is 2.31. The van der Waals surface area contributed by atoms with E-state index in [-0.39, 0.29) is 18.4 Å². The van der Waals surface area contributed by atoms with Crippen LogP contribution in [-0.2, 0) is 23.8 Å². The fourth-order valence-corrected chi connectivity index (χ4v) is 1.48. The zero-order chi connectivity index (χ0) is 17.6. The molecule has 1 amide bonds. The van der Waals surface area contributed by atoms with Crippen molar-refractivity contribution in [3.05, 3.63) is 0 Å². The highest BCUT2D eigenvalue weighted by molar-refractivity contribution is 5.78. The lowest BCUT2D eigenvalue weighted by atomic mass is 9.93. The van der Waals surface area contributed by atoms with Crippen LogP contribution in [0.25, 0.3) is 0 Å². The molecule has 7 heteroatoms. The Balaban J connectivity index is 4.47. The highest BCUT2D eigenvalue weighted by Gasteiger charge is 2.30. The van der Waals surface area contributed by atoms with Crippen LogP contribution in [0.4, 0.5) is 4.79 Å². The fourth-order valence-electron chi connectivity index (χ4n) is 1.48. The molecule has 22 heavy (non-hydrogen) atoms. The number of nitrogens with zero attached hydrogens (tertiary/aromatic N) is 1. The molecule has 7 nitrogen and oxygen atoms in total. The summed E-state index contributed by atoms with van der Waals surface area (Å²) in [7, 11) is 1.24. The number of carbonyl (C=O) groups excluding carboxylic acids is 3. The number of ether oxygens (including phenoxy) is 3. The molecule has 0 saturated carbocycles. The van der Waals surface area contributed by atoms with E-state index in [2.05, 4.69) is 4.74 Å². The number of hydrogen-bond donors (Lipinski definition) is 0. The Morgan fingerprint density at radius 3 is 1.86 bits per heavy atom. The summed E-state index contributed by atoms with van der Waals surface area (Å²) in [6.07, 6.45) is -0.531. The van der Waals surface area contributed by atoms with E-state index >= 15 is 0 Å². The van der Waals surface area contributed by atoms with Gasteiger partial charge in [0, 0.05) is 5.54 Å². The summed E-state index contributed by atoms with van der Waals surface area (Å²) in [4.78, 5) is 36.1. The van der Waals surface area contributed by atoms with Crippen molar-refractivity contribution >= 4 is 18.0 Å². The first-order chi connectivity index (χ1) is 9.86. The second-order valence-electron chi connectivity index (χ2n) is 7.11. The number of hydrogen-bond acceptors (Lipinski definition) is 6. The molecule has 0 aromatic rings. The number of methoxy groups -OCH3 is 1. The van der Waals surface area contributed by atoms with Crippen molar-refractivity contribution in [1.29, 1.82) is 0 Å². The summed E-state index contributed by atoms with van der Waals surface area (Å²) in [5.41, 5.74) is -0.843. The van der Waals surface area contributed by atoms with Crippen LogP contribution in [0, 0.1) is 5.41 Å². The van der Waals surface area contributed by atoms with Crippen LogP contribution in [0.5, 0.6) is 0 Å². The molecule has 0 aliphatic carbocycles. The Labute approximate surface area is 131 Å². The summed E-state index contributed by atoms with van der Waals surface area (Å²) in [6.45, 7) is 10.2. The monoisotopic (exact) mass is 317 g/mol. The van der Waals surface area contributed by atoms with E-state index in [1.807, 2.05) is 20.8 Å². The van der Waals surface area contributed by atoms with Gasteiger partial charge in [-0.15, -0.1) is 0 Å². The Hall–Kier alpha value is -1.79. The maximum absolute atomic E-state index is 12.0. The molecule has 0 rings (SSSR count). The van der Waals surface area contributed by atoms with E-state index in [1.165, 1.54) is 12.0 Å². The molecular formula is C15H27NO6. The van der Waals surface area contributed by atoms with Crippen molar-refractivity contribution in [2.24, 2.45) is 5.41 Å². The van der Waals surface area contributed by atoms with Gasteiger partial charge in [0.25, 0.3) is 0 Å². The first-order valence-electron chi connectivity index (χ1n) is 7.03. The van der Waals surface area contributed by atoms with Crippen molar-refractivity contribution in [3.8, 4) is 0 Å². The number of rotatable bonds is 5. The van der Waals surface area contributed by atoms with Crippen molar-refractivity contribution in [2.75, 3.05) is 20.4 Å². The molecule has 0 heterocycles. The predicted molar refractivity (Wildman–Crippen MR) is 80.0 cm³/mol. The molecule has 0 aliphatic rings. The second kappa shape index (κ2) is 8.00. The Morgan fingerprint density at radius 1 is 0.909 bits per heavy atom. The maximum Gasteiger partial charge on any atom is 0.413 e. The first-order valence-corrected chi connectivity index (χ1v) is 7.03. The van der Waals surface area contributed by atoms with Gasteiger partial charge < -0.3 is 14.2 Å². The minimum Gasteiger partial charge on any atom is -0.468 e. The molecule has 0 radical (unpaired) electrons. The van der Waals surface area contributed by atoms with E-state index in [9.17, 15) is 14.4 Å². The molecule has 0 aromatic heterocycles. The summed E-state index contributed by atoms with van der Waals surface area (Å²) in [5.74, 6) is -1.01. The molecule has 0 aliphatic heterocycles. The Kier molecular flexibility index (Phi) is 7.35. The van der Waals surface area contributed by atoms with Gasteiger partial charge in [-0.25, -0.2) is 4.79 Å². The molecule has 0 aromatic carbocycles. The third kappa shape index (κ3) is 8.49. The fraction of sp³-hybridized carbons (Fsp3) is 0.800. The maximum atomic E-state index is 12.0. The molecule has 0 fully saturated rings. The Morgan fingerprint density at radius 2 is 1.45 bits per heavy atom.